The minimum Gasteiger partial charge on any atom is -0.351 e. The first-order valence-electron chi connectivity index (χ1n) is 8.00. The van der Waals surface area contributed by atoms with E-state index in [4.69, 9.17) is 0 Å². The third kappa shape index (κ3) is 4.65. The number of amides is 1. The maximum atomic E-state index is 13.0. The summed E-state index contributed by atoms with van der Waals surface area (Å²) in [5.74, 6) is -0.296. The van der Waals surface area contributed by atoms with Gasteiger partial charge in [0.2, 0.25) is 15.9 Å². The summed E-state index contributed by atoms with van der Waals surface area (Å²) in [5, 5.41) is 2.66. The zero-order valence-electron chi connectivity index (χ0n) is 13.3. The van der Waals surface area contributed by atoms with Gasteiger partial charge >= 0.3 is 0 Å². The van der Waals surface area contributed by atoms with Crippen LogP contribution in [0.4, 0.5) is 0 Å². The minimum atomic E-state index is -3.67. The zero-order chi connectivity index (χ0) is 16.7. The number of nitrogens with zero attached hydrogens (tertiary/aromatic N) is 1. The molecule has 1 saturated carbocycles. The molecule has 23 heavy (non-hydrogen) atoms. The van der Waals surface area contributed by atoms with E-state index in [1.807, 2.05) is 0 Å². The highest BCUT2D eigenvalue weighted by Crippen LogP contribution is 2.27. The summed E-state index contributed by atoms with van der Waals surface area (Å²) in [6.45, 7) is 3.74. The first-order valence-corrected chi connectivity index (χ1v) is 9.44. The van der Waals surface area contributed by atoms with Crippen LogP contribution >= 0.6 is 0 Å². The lowest BCUT2D eigenvalue weighted by atomic mass is 9.95. The highest BCUT2D eigenvalue weighted by atomic mass is 32.2. The van der Waals surface area contributed by atoms with Crippen LogP contribution in [0.1, 0.15) is 32.1 Å². The molecule has 0 bridgehead atoms. The van der Waals surface area contributed by atoms with Gasteiger partial charge in [0.1, 0.15) is 0 Å². The molecule has 0 aromatic heterocycles. The van der Waals surface area contributed by atoms with Crippen molar-refractivity contribution in [2.45, 2.75) is 43.0 Å². The summed E-state index contributed by atoms with van der Waals surface area (Å²) in [7, 11) is -3.67. The Morgan fingerprint density at radius 3 is 2.48 bits per heavy atom. The van der Waals surface area contributed by atoms with Crippen LogP contribution in [0, 0.1) is 0 Å². The number of benzene rings is 1. The van der Waals surface area contributed by atoms with E-state index in [9.17, 15) is 13.2 Å². The topological polar surface area (TPSA) is 66.5 Å². The number of carbonyl (C=O) groups excluding carboxylic acids is 1. The van der Waals surface area contributed by atoms with Gasteiger partial charge in [0.25, 0.3) is 0 Å². The van der Waals surface area contributed by atoms with Crippen LogP contribution < -0.4 is 5.32 Å². The summed E-state index contributed by atoms with van der Waals surface area (Å²) >= 11 is 0. The fourth-order valence-corrected chi connectivity index (χ4v) is 4.55. The number of hydrogen-bond acceptors (Lipinski definition) is 3. The number of rotatable bonds is 7. The van der Waals surface area contributed by atoms with E-state index in [0.717, 1.165) is 32.1 Å². The molecule has 5 nitrogen and oxygen atoms in total. The molecule has 1 aromatic rings. The number of carbonyl (C=O) groups is 1. The van der Waals surface area contributed by atoms with Crippen molar-refractivity contribution in [2.75, 3.05) is 13.1 Å². The third-order valence-electron chi connectivity index (χ3n) is 4.07. The van der Waals surface area contributed by atoms with Crippen LogP contribution in [0.5, 0.6) is 0 Å². The first-order chi connectivity index (χ1) is 11.1. The van der Waals surface area contributed by atoms with Gasteiger partial charge in [-0.3, -0.25) is 4.79 Å². The summed E-state index contributed by atoms with van der Waals surface area (Å²) in [4.78, 5) is 12.3. The molecule has 1 fully saturated rings. The maximum absolute atomic E-state index is 13.0. The van der Waals surface area contributed by atoms with Crippen molar-refractivity contribution >= 4 is 15.9 Å². The van der Waals surface area contributed by atoms with Gasteiger partial charge in [-0.1, -0.05) is 43.5 Å². The number of sulfonamides is 1. The standard InChI is InChI=1S/C17H24N2O3S/c1-2-13-18-17(20)14-19(15-9-5-3-6-10-15)23(21,22)16-11-7-4-8-12-16/h2,4,7-8,11-12,15H,1,3,5-6,9-10,13-14H2,(H,18,20). The molecule has 0 saturated heterocycles. The predicted molar refractivity (Wildman–Crippen MR) is 90.4 cm³/mol. The quantitative estimate of drug-likeness (QED) is 0.777. The van der Waals surface area contributed by atoms with Gasteiger partial charge in [-0.05, 0) is 25.0 Å². The van der Waals surface area contributed by atoms with Crippen molar-refractivity contribution in [2.24, 2.45) is 0 Å². The molecule has 0 radical (unpaired) electrons. The Bertz CT molecular complexity index is 622. The van der Waals surface area contributed by atoms with E-state index in [1.165, 1.54) is 4.31 Å². The number of hydrogen-bond donors (Lipinski definition) is 1. The van der Waals surface area contributed by atoms with E-state index in [0.29, 0.717) is 6.54 Å². The van der Waals surface area contributed by atoms with Crippen molar-refractivity contribution in [3.63, 3.8) is 0 Å². The van der Waals surface area contributed by atoms with Crippen molar-refractivity contribution in [3.05, 3.63) is 43.0 Å². The Labute approximate surface area is 138 Å². The molecule has 126 valence electrons. The summed E-state index contributed by atoms with van der Waals surface area (Å²) in [5.41, 5.74) is 0. The molecule has 1 N–H and O–H groups in total. The van der Waals surface area contributed by atoms with E-state index in [1.54, 1.807) is 36.4 Å². The lowest BCUT2D eigenvalue weighted by Gasteiger charge is -2.33. The predicted octanol–water partition coefficient (Wildman–Crippen LogP) is 2.31. The second-order valence-corrected chi connectivity index (χ2v) is 7.64. The molecule has 1 aromatic carbocycles. The Morgan fingerprint density at radius 2 is 1.87 bits per heavy atom. The normalized spacial score (nSPS) is 16.2. The Balaban J connectivity index is 2.25. The molecule has 2 rings (SSSR count). The Hall–Kier alpha value is -1.66. The van der Waals surface area contributed by atoms with Gasteiger partial charge in [0.05, 0.1) is 11.4 Å². The van der Waals surface area contributed by atoms with Crippen molar-refractivity contribution in [3.8, 4) is 0 Å². The minimum absolute atomic E-state index is 0.108. The SMILES string of the molecule is C=CCNC(=O)CN(C1CCCCC1)S(=O)(=O)c1ccccc1. The molecule has 0 aliphatic heterocycles. The molecule has 1 aliphatic rings. The fraction of sp³-hybridized carbons (Fsp3) is 0.471. The first kappa shape index (κ1) is 17.7. The van der Waals surface area contributed by atoms with Crippen molar-refractivity contribution in [1.29, 1.82) is 0 Å². The van der Waals surface area contributed by atoms with Gasteiger partial charge < -0.3 is 5.32 Å². The van der Waals surface area contributed by atoms with Crippen molar-refractivity contribution in [1.82, 2.24) is 9.62 Å². The van der Waals surface area contributed by atoms with Gasteiger partial charge in [0.15, 0.2) is 0 Å². The Morgan fingerprint density at radius 1 is 1.22 bits per heavy atom. The van der Waals surface area contributed by atoms with Crippen LogP contribution in [-0.2, 0) is 14.8 Å². The summed E-state index contributed by atoms with van der Waals surface area (Å²) in [6, 6.07) is 8.22. The summed E-state index contributed by atoms with van der Waals surface area (Å²) < 4.78 is 27.3. The zero-order valence-corrected chi connectivity index (χ0v) is 14.1. The van der Waals surface area contributed by atoms with Gasteiger partial charge in [0, 0.05) is 12.6 Å². The highest BCUT2D eigenvalue weighted by molar-refractivity contribution is 7.89. The van der Waals surface area contributed by atoms with Crippen LogP contribution in [0.15, 0.2) is 47.9 Å². The smallest absolute Gasteiger partial charge is 0.243 e. The Kier molecular flexibility index (Phi) is 6.36. The monoisotopic (exact) mass is 336 g/mol. The largest absolute Gasteiger partial charge is 0.351 e. The highest BCUT2D eigenvalue weighted by Gasteiger charge is 2.33. The average Bonchev–Trinajstić information content (AvgIpc) is 2.59. The molecule has 0 heterocycles. The van der Waals surface area contributed by atoms with E-state index >= 15 is 0 Å². The van der Waals surface area contributed by atoms with Gasteiger partial charge in [-0.2, -0.15) is 4.31 Å². The lowest BCUT2D eigenvalue weighted by Crippen LogP contribution is -2.47. The second kappa shape index (κ2) is 8.26. The summed E-state index contributed by atoms with van der Waals surface area (Å²) in [6.07, 6.45) is 6.31. The maximum Gasteiger partial charge on any atom is 0.243 e. The molecule has 0 atom stereocenters. The third-order valence-corrected chi connectivity index (χ3v) is 5.99. The lowest BCUT2D eigenvalue weighted by molar-refractivity contribution is -0.121. The molecule has 0 spiro atoms. The average molecular weight is 336 g/mol. The molecule has 0 unspecified atom stereocenters. The van der Waals surface area contributed by atoms with Gasteiger partial charge in [-0.15, -0.1) is 6.58 Å². The fourth-order valence-electron chi connectivity index (χ4n) is 2.89. The second-order valence-electron chi connectivity index (χ2n) is 5.75. The molecule has 6 heteroatoms. The molecule has 1 aliphatic carbocycles. The molecular weight excluding hydrogens is 312 g/mol. The van der Waals surface area contributed by atoms with E-state index < -0.39 is 10.0 Å². The van der Waals surface area contributed by atoms with Crippen LogP contribution in [0.3, 0.4) is 0 Å². The molecule has 1 amide bonds. The molecular formula is C17H24N2O3S. The van der Waals surface area contributed by atoms with Crippen LogP contribution in [-0.4, -0.2) is 37.8 Å². The van der Waals surface area contributed by atoms with Crippen LogP contribution in [0.2, 0.25) is 0 Å². The van der Waals surface area contributed by atoms with E-state index in [2.05, 4.69) is 11.9 Å². The van der Waals surface area contributed by atoms with E-state index in [-0.39, 0.29) is 23.4 Å². The number of nitrogens with one attached hydrogen (secondary N) is 1. The van der Waals surface area contributed by atoms with Crippen molar-refractivity contribution < 1.29 is 13.2 Å². The van der Waals surface area contributed by atoms with Crippen LogP contribution in [0.25, 0.3) is 0 Å². The van der Waals surface area contributed by atoms with Gasteiger partial charge in [-0.25, -0.2) is 8.42 Å².